The average molecular weight is 465 g/mol. The molecule has 1 fully saturated rings. The quantitative estimate of drug-likeness (QED) is 0.432. The van der Waals surface area contributed by atoms with Crippen LogP contribution < -0.4 is 5.06 Å². The van der Waals surface area contributed by atoms with E-state index < -0.39 is 29.7 Å². The molecule has 1 heterocycles. The van der Waals surface area contributed by atoms with Crippen molar-refractivity contribution >= 4 is 28.2 Å². The summed E-state index contributed by atoms with van der Waals surface area (Å²) < 4.78 is 43.1. The van der Waals surface area contributed by atoms with Gasteiger partial charge in [-0.2, -0.15) is 13.2 Å². The average Bonchev–Trinajstić information content (AvgIpc) is 3.45. The highest BCUT2D eigenvalue weighted by Crippen LogP contribution is 2.66. The third-order valence-corrected chi connectivity index (χ3v) is 6.90. The van der Waals surface area contributed by atoms with Gasteiger partial charge in [0.1, 0.15) is 11.8 Å². The van der Waals surface area contributed by atoms with Crippen molar-refractivity contribution in [3.63, 3.8) is 0 Å². The lowest BCUT2D eigenvalue weighted by atomic mass is 9.68. The number of hydrogen-bond donors (Lipinski definition) is 3. The Balaban J connectivity index is 1.77. The zero-order valence-corrected chi connectivity index (χ0v) is 17.7. The Morgan fingerprint density at radius 2 is 1.88 bits per heavy atom. The molecule has 0 aliphatic heterocycles. The molecule has 1 aromatic heterocycles. The van der Waals surface area contributed by atoms with Crippen LogP contribution >= 0.6 is 11.6 Å². The van der Waals surface area contributed by atoms with Gasteiger partial charge in [-0.3, -0.25) is 10.2 Å². The lowest BCUT2D eigenvalue weighted by Crippen LogP contribution is -2.59. The first kappa shape index (κ1) is 21.3. The summed E-state index contributed by atoms with van der Waals surface area (Å²) in [5.74, 6) is -0.143. The van der Waals surface area contributed by atoms with Gasteiger partial charge in [0.2, 0.25) is 0 Å². The molecule has 3 N–H and O–H groups in total. The lowest BCUT2D eigenvalue weighted by Gasteiger charge is -2.48. The summed E-state index contributed by atoms with van der Waals surface area (Å²) in [6.45, 7) is 1.76. The van der Waals surface area contributed by atoms with Crippen molar-refractivity contribution in [1.82, 2.24) is 4.98 Å². The summed E-state index contributed by atoms with van der Waals surface area (Å²) in [6.07, 6.45) is -4.87. The molecule has 5 rings (SSSR count). The van der Waals surface area contributed by atoms with Gasteiger partial charge in [0.15, 0.2) is 5.60 Å². The number of phenolic OH excluding ortho intramolecular Hbond substituents is 1. The summed E-state index contributed by atoms with van der Waals surface area (Å²) in [4.78, 5) is 4.35. The van der Waals surface area contributed by atoms with Gasteiger partial charge in [0.25, 0.3) is 0 Å². The molecule has 0 amide bonds. The third-order valence-electron chi connectivity index (χ3n) is 6.68. The molecule has 2 atom stereocenters. The first-order valence-electron chi connectivity index (χ1n) is 10.1. The monoisotopic (exact) mass is 464 g/mol. The molecule has 0 unspecified atom stereocenters. The number of anilines is 1. The van der Waals surface area contributed by atoms with E-state index in [1.165, 1.54) is 24.3 Å². The van der Waals surface area contributed by atoms with Gasteiger partial charge in [0.05, 0.1) is 11.2 Å². The fourth-order valence-corrected chi connectivity index (χ4v) is 5.31. The third kappa shape index (κ3) is 2.97. The largest absolute Gasteiger partial charge is 0.508 e. The number of benzene rings is 2. The van der Waals surface area contributed by atoms with Crippen LogP contribution in [-0.4, -0.2) is 32.2 Å². The van der Waals surface area contributed by atoms with Crippen molar-refractivity contribution in [3.8, 4) is 5.75 Å². The van der Waals surface area contributed by atoms with Crippen molar-refractivity contribution in [3.05, 3.63) is 64.3 Å². The van der Waals surface area contributed by atoms with E-state index in [1.54, 1.807) is 25.1 Å². The van der Waals surface area contributed by atoms with Gasteiger partial charge in [-0.1, -0.05) is 23.7 Å². The molecular formula is C23H20ClF3N2O3. The number of fused-ring (bicyclic) bond motifs is 3. The van der Waals surface area contributed by atoms with E-state index in [0.717, 1.165) is 0 Å². The molecule has 5 nitrogen and oxygen atoms in total. The number of pyridine rings is 1. The highest BCUT2D eigenvalue weighted by molar-refractivity contribution is 6.31. The molecular weight excluding hydrogens is 445 g/mol. The van der Waals surface area contributed by atoms with Gasteiger partial charge in [-0.25, -0.2) is 5.06 Å². The van der Waals surface area contributed by atoms with E-state index in [9.17, 15) is 28.6 Å². The van der Waals surface area contributed by atoms with Crippen LogP contribution in [0.4, 0.5) is 18.9 Å². The molecule has 1 spiro atoms. The minimum absolute atomic E-state index is 0.0197. The standard InChI is InChI=1S/C23H20ClF3N2O3/c1-12-5-6-14-16(28-12)9-13(24)10-17(14)29(32)20-15-3-2-4-18(30)19(15)21(7-8-21)11-22(20,31)23(25,26)27/h2-6,9-10,20,30-32H,7-8,11H2,1H3/t20-,22-/m0/s1. The minimum Gasteiger partial charge on any atom is -0.508 e. The number of aliphatic hydroxyl groups is 1. The molecule has 32 heavy (non-hydrogen) atoms. The Kier molecular flexibility index (Phi) is 4.48. The van der Waals surface area contributed by atoms with Crippen LogP contribution in [0.15, 0.2) is 42.5 Å². The molecule has 3 aromatic rings. The van der Waals surface area contributed by atoms with E-state index in [1.807, 2.05) is 0 Å². The number of hydrogen-bond acceptors (Lipinski definition) is 5. The van der Waals surface area contributed by atoms with Crippen molar-refractivity contribution in [2.45, 2.75) is 49.4 Å². The topological polar surface area (TPSA) is 76.8 Å². The molecule has 168 valence electrons. The Morgan fingerprint density at radius 3 is 2.53 bits per heavy atom. The highest BCUT2D eigenvalue weighted by Gasteiger charge is 2.69. The first-order valence-corrected chi connectivity index (χ1v) is 10.5. The smallest absolute Gasteiger partial charge is 0.419 e. The predicted octanol–water partition coefficient (Wildman–Crippen LogP) is 5.57. The first-order chi connectivity index (χ1) is 15.0. The molecule has 0 saturated heterocycles. The van der Waals surface area contributed by atoms with E-state index in [0.29, 0.717) is 40.1 Å². The Bertz CT molecular complexity index is 1240. The fourth-order valence-electron chi connectivity index (χ4n) is 5.10. The Labute approximate surface area is 186 Å². The summed E-state index contributed by atoms with van der Waals surface area (Å²) in [5.41, 5.74) is -2.81. The highest BCUT2D eigenvalue weighted by atomic mass is 35.5. The summed E-state index contributed by atoms with van der Waals surface area (Å²) in [6, 6.07) is 8.51. The van der Waals surface area contributed by atoms with Crippen LogP contribution in [0.1, 0.15) is 42.1 Å². The Hall–Kier alpha value is -2.55. The van der Waals surface area contributed by atoms with Crippen molar-refractivity contribution in [2.75, 3.05) is 5.06 Å². The number of aromatic hydroxyl groups is 1. The number of hydroxylamine groups is 1. The van der Waals surface area contributed by atoms with E-state index in [-0.39, 0.29) is 22.0 Å². The van der Waals surface area contributed by atoms with Gasteiger partial charge >= 0.3 is 6.18 Å². The van der Waals surface area contributed by atoms with Crippen LogP contribution in [-0.2, 0) is 5.41 Å². The number of halogens is 4. The maximum absolute atomic E-state index is 14.4. The summed E-state index contributed by atoms with van der Waals surface area (Å²) in [7, 11) is 0. The summed E-state index contributed by atoms with van der Waals surface area (Å²) in [5, 5.41) is 33.9. The maximum atomic E-state index is 14.4. The summed E-state index contributed by atoms with van der Waals surface area (Å²) >= 11 is 6.20. The molecule has 0 bridgehead atoms. The molecule has 2 aliphatic carbocycles. The van der Waals surface area contributed by atoms with Gasteiger partial charge in [-0.15, -0.1) is 0 Å². The predicted molar refractivity (Wildman–Crippen MR) is 113 cm³/mol. The zero-order valence-electron chi connectivity index (χ0n) is 17.0. The van der Waals surface area contributed by atoms with Crippen molar-refractivity contribution in [1.29, 1.82) is 0 Å². The Morgan fingerprint density at radius 1 is 1.16 bits per heavy atom. The number of nitrogens with zero attached hydrogens (tertiary/aromatic N) is 2. The fraction of sp³-hybridized carbons (Fsp3) is 0.348. The normalized spacial score (nSPS) is 23.9. The van der Waals surface area contributed by atoms with Crippen molar-refractivity contribution in [2.24, 2.45) is 0 Å². The SMILES string of the molecule is Cc1ccc2c(N(O)[C@H]3c4cccc(O)c4C4(CC4)C[C@@]3(O)C(F)(F)F)cc(Cl)cc2n1. The van der Waals surface area contributed by atoms with Crippen LogP contribution in [0.25, 0.3) is 10.9 Å². The van der Waals surface area contributed by atoms with Gasteiger partial charge < -0.3 is 10.2 Å². The van der Waals surface area contributed by atoms with Crippen LogP contribution in [0.2, 0.25) is 5.02 Å². The maximum Gasteiger partial charge on any atom is 0.419 e. The number of alkyl halides is 3. The second kappa shape index (κ2) is 6.73. The second-order valence-corrected chi connectivity index (χ2v) is 9.25. The van der Waals surface area contributed by atoms with Gasteiger partial charge in [-0.05, 0) is 62.1 Å². The number of phenols is 1. The minimum atomic E-state index is -5.04. The second-order valence-electron chi connectivity index (χ2n) is 8.81. The van der Waals surface area contributed by atoms with E-state index in [2.05, 4.69) is 4.98 Å². The van der Waals surface area contributed by atoms with Gasteiger partial charge in [0, 0.05) is 27.1 Å². The van der Waals surface area contributed by atoms with Crippen LogP contribution in [0, 0.1) is 6.92 Å². The molecule has 1 saturated carbocycles. The number of aromatic nitrogens is 1. The number of aryl methyl sites for hydroxylation is 1. The van der Waals surface area contributed by atoms with Crippen LogP contribution in [0.3, 0.4) is 0 Å². The van der Waals surface area contributed by atoms with Crippen molar-refractivity contribution < 1.29 is 28.6 Å². The zero-order chi connectivity index (χ0) is 23.1. The van der Waals surface area contributed by atoms with E-state index in [4.69, 9.17) is 11.6 Å². The lowest BCUT2D eigenvalue weighted by molar-refractivity contribution is -0.280. The number of rotatable bonds is 2. The molecule has 2 aromatic carbocycles. The molecule has 0 radical (unpaired) electrons. The molecule has 2 aliphatic rings. The van der Waals surface area contributed by atoms with E-state index >= 15 is 0 Å². The molecule has 9 heteroatoms. The van der Waals surface area contributed by atoms with Crippen LogP contribution in [0.5, 0.6) is 5.75 Å².